The summed E-state index contributed by atoms with van der Waals surface area (Å²) in [5, 5.41) is 16.2. The summed E-state index contributed by atoms with van der Waals surface area (Å²) < 4.78 is 16.7. The fourth-order valence-electron chi connectivity index (χ4n) is 2.48. The van der Waals surface area contributed by atoms with E-state index in [2.05, 4.69) is 25.6 Å². The largest absolute Gasteiger partial charge is 0.360 e. The van der Waals surface area contributed by atoms with Crippen LogP contribution in [0.5, 0.6) is 0 Å². The second-order valence-corrected chi connectivity index (χ2v) is 6.56. The van der Waals surface area contributed by atoms with E-state index in [-0.39, 0.29) is 5.82 Å². The molecule has 1 aromatic carbocycles. The lowest BCUT2D eigenvalue weighted by molar-refractivity contribution is 0.619. The number of anilines is 1. The van der Waals surface area contributed by atoms with Crippen LogP contribution in [0.25, 0.3) is 16.2 Å². The predicted molar refractivity (Wildman–Crippen MR) is 94.0 cm³/mol. The Morgan fingerprint density at radius 2 is 1.88 bits per heavy atom. The number of imidazole rings is 1. The number of rotatable bonds is 7. The Bertz CT molecular complexity index is 911. The van der Waals surface area contributed by atoms with Crippen LogP contribution >= 0.6 is 11.3 Å². The summed E-state index contributed by atoms with van der Waals surface area (Å²) in [4.78, 5) is 5.36. The van der Waals surface area contributed by atoms with Crippen LogP contribution in [0.3, 0.4) is 0 Å². The first-order valence-electron chi connectivity index (χ1n) is 7.96. The van der Waals surface area contributed by atoms with Crippen molar-refractivity contribution in [3.05, 3.63) is 48.9 Å². The second-order valence-electron chi connectivity index (χ2n) is 5.60. The minimum atomic E-state index is -0.251. The van der Waals surface area contributed by atoms with Crippen LogP contribution < -0.4 is 5.32 Å². The van der Waals surface area contributed by atoms with Crippen LogP contribution in [0.15, 0.2) is 43.1 Å². The number of halogens is 1. The molecule has 0 radical (unpaired) electrons. The number of hydrogen-bond donors (Lipinski definition) is 1. The number of fused-ring (bicyclic) bond motifs is 1. The predicted octanol–water partition coefficient (Wildman–Crippen LogP) is 3.08. The number of benzene rings is 1. The molecule has 0 unspecified atom stereocenters. The molecule has 0 saturated carbocycles. The van der Waals surface area contributed by atoms with Gasteiger partial charge >= 0.3 is 0 Å². The van der Waals surface area contributed by atoms with Gasteiger partial charge in [0.15, 0.2) is 0 Å². The molecule has 0 aliphatic carbocycles. The van der Waals surface area contributed by atoms with E-state index in [1.54, 1.807) is 29.3 Å². The van der Waals surface area contributed by atoms with Gasteiger partial charge < -0.3 is 9.88 Å². The van der Waals surface area contributed by atoms with Gasteiger partial charge in [0.1, 0.15) is 18.5 Å². The molecule has 0 bridgehead atoms. The smallest absolute Gasteiger partial charge is 0.214 e. The average molecular weight is 357 g/mol. The molecule has 0 aliphatic heterocycles. The van der Waals surface area contributed by atoms with E-state index in [9.17, 15) is 4.39 Å². The van der Waals surface area contributed by atoms with Gasteiger partial charge in [0.2, 0.25) is 10.1 Å². The third-order valence-corrected chi connectivity index (χ3v) is 4.65. The zero-order valence-electron chi connectivity index (χ0n) is 13.3. The van der Waals surface area contributed by atoms with Crippen LogP contribution in [0, 0.1) is 5.82 Å². The zero-order chi connectivity index (χ0) is 17.1. The minimum absolute atomic E-state index is 0.251. The molecule has 3 aromatic heterocycles. The van der Waals surface area contributed by atoms with Gasteiger partial charge in [-0.25, -0.2) is 13.9 Å². The lowest BCUT2D eigenvalue weighted by Gasteiger charge is -2.02. The molecular formula is C16H16FN7S. The molecule has 0 atom stereocenters. The number of aryl methyl sites for hydroxylation is 1. The van der Waals surface area contributed by atoms with Crippen molar-refractivity contribution < 1.29 is 4.39 Å². The standard InChI is InChI=1S/C16H16FN7S/c17-13-5-3-12(4-6-13)14-9-24-16(21-14)25-15(22-24)18-7-1-2-8-23-10-19-20-11-23/h3-6,9-11H,1-2,7-8H2,(H,18,22). The molecule has 4 aromatic rings. The first kappa shape index (κ1) is 15.7. The van der Waals surface area contributed by atoms with E-state index in [0.717, 1.165) is 47.3 Å². The summed E-state index contributed by atoms with van der Waals surface area (Å²) in [6, 6.07) is 6.31. The maximum Gasteiger partial charge on any atom is 0.214 e. The highest BCUT2D eigenvalue weighted by molar-refractivity contribution is 7.20. The molecule has 0 amide bonds. The van der Waals surface area contributed by atoms with Gasteiger partial charge in [-0.15, -0.1) is 15.3 Å². The van der Waals surface area contributed by atoms with Crippen LogP contribution in [-0.2, 0) is 6.54 Å². The Hall–Kier alpha value is -2.81. The summed E-state index contributed by atoms with van der Waals surface area (Å²) in [5.41, 5.74) is 1.67. The van der Waals surface area contributed by atoms with Gasteiger partial charge in [-0.3, -0.25) is 0 Å². The molecule has 128 valence electrons. The first-order chi connectivity index (χ1) is 12.3. The van der Waals surface area contributed by atoms with E-state index in [4.69, 9.17) is 0 Å². The zero-order valence-corrected chi connectivity index (χ0v) is 14.2. The Balaban J connectivity index is 1.32. The van der Waals surface area contributed by atoms with Gasteiger partial charge in [0.05, 0.1) is 11.9 Å². The molecule has 9 heteroatoms. The van der Waals surface area contributed by atoms with Crippen LogP contribution in [0.2, 0.25) is 0 Å². The summed E-state index contributed by atoms with van der Waals surface area (Å²) >= 11 is 1.50. The van der Waals surface area contributed by atoms with Crippen molar-refractivity contribution >= 4 is 21.4 Å². The SMILES string of the molecule is Fc1ccc(-c2cn3nc(NCCCCn4cnnc4)sc3n2)cc1. The minimum Gasteiger partial charge on any atom is -0.360 e. The maximum atomic E-state index is 13.0. The van der Waals surface area contributed by atoms with E-state index < -0.39 is 0 Å². The summed E-state index contributed by atoms with van der Waals surface area (Å²) in [6.45, 7) is 1.76. The quantitative estimate of drug-likeness (QED) is 0.515. The van der Waals surface area contributed by atoms with Crippen molar-refractivity contribution in [3.63, 3.8) is 0 Å². The van der Waals surface area contributed by atoms with E-state index in [0.29, 0.717) is 0 Å². The highest BCUT2D eigenvalue weighted by atomic mass is 32.1. The molecular weight excluding hydrogens is 341 g/mol. The lowest BCUT2D eigenvalue weighted by atomic mass is 10.2. The summed E-state index contributed by atoms with van der Waals surface area (Å²) in [5.74, 6) is -0.251. The molecule has 0 saturated heterocycles. The summed E-state index contributed by atoms with van der Waals surface area (Å²) in [7, 11) is 0. The maximum absolute atomic E-state index is 13.0. The number of hydrogen-bond acceptors (Lipinski definition) is 6. The molecule has 25 heavy (non-hydrogen) atoms. The van der Waals surface area contributed by atoms with Crippen molar-refractivity contribution in [2.75, 3.05) is 11.9 Å². The van der Waals surface area contributed by atoms with Crippen molar-refractivity contribution in [2.45, 2.75) is 19.4 Å². The number of unbranched alkanes of at least 4 members (excludes halogenated alkanes) is 1. The van der Waals surface area contributed by atoms with E-state index in [1.165, 1.54) is 23.5 Å². The lowest BCUT2D eigenvalue weighted by Crippen LogP contribution is -2.03. The Morgan fingerprint density at radius 3 is 2.64 bits per heavy atom. The fraction of sp³-hybridized carbons (Fsp3) is 0.250. The summed E-state index contributed by atoms with van der Waals surface area (Å²) in [6.07, 6.45) is 7.38. The number of nitrogens with one attached hydrogen (secondary N) is 1. The molecule has 0 fully saturated rings. The third kappa shape index (κ3) is 3.66. The third-order valence-electron chi connectivity index (χ3n) is 3.77. The van der Waals surface area contributed by atoms with Crippen molar-refractivity contribution in [1.82, 2.24) is 29.4 Å². The van der Waals surface area contributed by atoms with Gasteiger partial charge in [0, 0.05) is 18.7 Å². The van der Waals surface area contributed by atoms with E-state index >= 15 is 0 Å². The molecule has 4 rings (SSSR count). The number of aromatic nitrogens is 6. The molecule has 0 spiro atoms. The van der Waals surface area contributed by atoms with Crippen LogP contribution in [0.1, 0.15) is 12.8 Å². The number of nitrogens with zero attached hydrogens (tertiary/aromatic N) is 6. The normalized spacial score (nSPS) is 11.2. The van der Waals surface area contributed by atoms with Crippen molar-refractivity contribution in [2.24, 2.45) is 0 Å². The molecule has 1 N–H and O–H groups in total. The highest BCUT2D eigenvalue weighted by Crippen LogP contribution is 2.24. The van der Waals surface area contributed by atoms with Crippen LogP contribution in [0.4, 0.5) is 9.52 Å². The first-order valence-corrected chi connectivity index (χ1v) is 8.78. The Morgan fingerprint density at radius 1 is 1.08 bits per heavy atom. The van der Waals surface area contributed by atoms with Crippen molar-refractivity contribution in [1.29, 1.82) is 0 Å². The van der Waals surface area contributed by atoms with Gasteiger partial charge in [0.25, 0.3) is 0 Å². The van der Waals surface area contributed by atoms with Crippen molar-refractivity contribution in [3.8, 4) is 11.3 Å². The van der Waals surface area contributed by atoms with Crippen LogP contribution in [-0.4, -0.2) is 35.9 Å². The Labute approximate surface area is 147 Å². The molecule has 3 heterocycles. The monoisotopic (exact) mass is 357 g/mol. The second kappa shape index (κ2) is 6.98. The van der Waals surface area contributed by atoms with Gasteiger partial charge in [-0.2, -0.15) is 0 Å². The van der Waals surface area contributed by atoms with Gasteiger partial charge in [-0.05, 0) is 37.1 Å². The Kier molecular flexibility index (Phi) is 4.38. The molecule has 0 aliphatic rings. The van der Waals surface area contributed by atoms with E-state index in [1.807, 2.05) is 10.8 Å². The fourth-order valence-corrected chi connectivity index (χ4v) is 3.29. The van der Waals surface area contributed by atoms with Gasteiger partial charge in [-0.1, -0.05) is 11.3 Å². The average Bonchev–Trinajstić information content (AvgIpc) is 3.31. The molecule has 7 nitrogen and oxygen atoms in total. The topological polar surface area (TPSA) is 72.9 Å². The highest BCUT2D eigenvalue weighted by Gasteiger charge is 2.09.